The fraction of sp³-hybridized carbons (Fsp3) is 0.400. The second-order valence-corrected chi connectivity index (χ2v) is 5.11. The van der Waals surface area contributed by atoms with Crippen molar-refractivity contribution in [1.82, 2.24) is 15.0 Å². The number of ether oxygens (including phenoxy) is 2. The molecule has 6 nitrogen and oxygen atoms in total. The fourth-order valence-electron chi connectivity index (χ4n) is 2.23. The first-order valence-electron chi connectivity index (χ1n) is 6.91. The van der Waals surface area contributed by atoms with E-state index in [1.54, 1.807) is 14.2 Å². The van der Waals surface area contributed by atoms with E-state index in [0.29, 0.717) is 35.6 Å². The summed E-state index contributed by atoms with van der Waals surface area (Å²) >= 11 is 0. The molecule has 1 aromatic heterocycles. The average molecular weight is 286 g/mol. The third-order valence-electron chi connectivity index (χ3n) is 3.47. The molecule has 21 heavy (non-hydrogen) atoms. The predicted octanol–water partition coefficient (Wildman–Crippen LogP) is 1.94. The van der Waals surface area contributed by atoms with Crippen LogP contribution in [-0.4, -0.2) is 29.2 Å². The standard InChI is InChI=1S/C15H18N4O2/c1-20-11-6-3-9(7-12(11)21-2)8-13-17-14(10-4-5-10)19-15(16)18-13/h3,6-7,10H,4-5,8H2,1-2H3,(H2,16,17,18,19). The van der Waals surface area contributed by atoms with E-state index in [9.17, 15) is 0 Å². The Kier molecular flexibility index (Phi) is 3.60. The van der Waals surface area contributed by atoms with Crippen molar-refractivity contribution in [1.29, 1.82) is 0 Å². The molecule has 2 aromatic rings. The molecule has 0 spiro atoms. The summed E-state index contributed by atoms with van der Waals surface area (Å²) in [6.45, 7) is 0. The van der Waals surface area contributed by atoms with Crippen LogP contribution in [0.2, 0.25) is 0 Å². The van der Waals surface area contributed by atoms with Crippen LogP contribution in [0.1, 0.15) is 36.0 Å². The second kappa shape index (κ2) is 5.55. The monoisotopic (exact) mass is 286 g/mol. The largest absolute Gasteiger partial charge is 0.493 e. The van der Waals surface area contributed by atoms with Crippen molar-refractivity contribution in [2.45, 2.75) is 25.2 Å². The van der Waals surface area contributed by atoms with Crippen LogP contribution in [0.5, 0.6) is 11.5 Å². The number of nitrogen functional groups attached to an aromatic ring is 1. The summed E-state index contributed by atoms with van der Waals surface area (Å²) in [5, 5.41) is 0. The van der Waals surface area contributed by atoms with Crippen LogP contribution in [0, 0.1) is 0 Å². The van der Waals surface area contributed by atoms with E-state index >= 15 is 0 Å². The van der Waals surface area contributed by atoms with Crippen LogP contribution in [0.25, 0.3) is 0 Å². The topological polar surface area (TPSA) is 83.2 Å². The van der Waals surface area contributed by atoms with E-state index in [1.165, 1.54) is 0 Å². The fourth-order valence-corrected chi connectivity index (χ4v) is 2.23. The molecule has 3 rings (SSSR count). The lowest BCUT2D eigenvalue weighted by Crippen LogP contribution is -2.07. The number of methoxy groups -OCH3 is 2. The lowest BCUT2D eigenvalue weighted by atomic mass is 10.1. The molecule has 1 aliphatic rings. The Morgan fingerprint density at radius 2 is 1.86 bits per heavy atom. The molecule has 1 saturated carbocycles. The van der Waals surface area contributed by atoms with Gasteiger partial charge in [-0.25, -0.2) is 4.98 Å². The Morgan fingerprint density at radius 1 is 1.10 bits per heavy atom. The molecule has 0 bridgehead atoms. The van der Waals surface area contributed by atoms with Crippen LogP contribution in [0.15, 0.2) is 18.2 Å². The molecule has 1 aliphatic carbocycles. The van der Waals surface area contributed by atoms with E-state index in [-0.39, 0.29) is 0 Å². The van der Waals surface area contributed by atoms with Crippen molar-refractivity contribution in [2.24, 2.45) is 0 Å². The summed E-state index contributed by atoms with van der Waals surface area (Å²) in [5.41, 5.74) is 6.82. The molecule has 1 aromatic carbocycles. The number of nitrogens with zero attached hydrogens (tertiary/aromatic N) is 3. The smallest absolute Gasteiger partial charge is 0.223 e. The molecule has 2 N–H and O–H groups in total. The van der Waals surface area contributed by atoms with Gasteiger partial charge in [0.05, 0.1) is 14.2 Å². The second-order valence-electron chi connectivity index (χ2n) is 5.11. The molecule has 6 heteroatoms. The number of benzene rings is 1. The number of aromatic nitrogens is 3. The van der Waals surface area contributed by atoms with Gasteiger partial charge in [-0.1, -0.05) is 6.07 Å². The highest BCUT2D eigenvalue weighted by atomic mass is 16.5. The Balaban J connectivity index is 1.86. The first-order valence-corrected chi connectivity index (χ1v) is 6.91. The SMILES string of the molecule is COc1ccc(Cc2nc(N)nc(C3CC3)n2)cc1OC. The van der Waals surface area contributed by atoms with Crippen molar-refractivity contribution >= 4 is 5.95 Å². The van der Waals surface area contributed by atoms with Gasteiger partial charge in [-0.05, 0) is 30.5 Å². The minimum Gasteiger partial charge on any atom is -0.493 e. The molecule has 0 radical (unpaired) electrons. The Bertz CT molecular complexity index is 656. The highest BCUT2D eigenvalue weighted by molar-refractivity contribution is 5.43. The molecular weight excluding hydrogens is 268 g/mol. The maximum Gasteiger partial charge on any atom is 0.223 e. The lowest BCUT2D eigenvalue weighted by molar-refractivity contribution is 0.354. The maximum atomic E-state index is 5.77. The van der Waals surface area contributed by atoms with Crippen LogP contribution in [-0.2, 0) is 6.42 Å². The van der Waals surface area contributed by atoms with Gasteiger partial charge in [0, 0.05) is 12.3 Å². The third kappa shape index (κ3) is 3.04. The van der Waals surface area contributed by atoms with Crippen molar-refractivity contribution in [2.75, 3.05) is 20.0 Å². The van der Waals surface area contributed by atoms with Crippen molar-refractivity contribution in [3.63, 3.8) is 0 Å². The van der Waals surface area contributed by atoms with E-state index in [1.807, 2.05) is 18.2 Å². The molecule has 0 saturated heterocycles. The molecule has 1 fully saturated rings. The van der Waals surface area contributed by atoms with Gasteiger partial charge in [0.2, 0.25) is 5.95 Å². The van der Waals surface area contributed by atoms with E-state index in [2.05, 4.69) is 15.0 Å². The summed E-state index contributed by atoms with van der Waals surface area (Å²) in [7, 11) is 3.24. The lowest BCUT2D eigenvalue weighted by Gasteiger charge is -2.09. The van der Waals surface area contributed by atoms with E-state index in [0.717, 1.165) is 24.2 Å². The van der Waals surface area contributed by atoms with Crippen molar-refractivity contribution < 1.29 is 9.47 Å². The Hall–Kier alpha value is -2.37. The van der Waals surface area contributed by atoms with Crippen molar-refractivity contribution in [3.05, 3.63) is 35.4 Å². The zero-order chi connectivity index (χ0) is 14.8. The quantitative estimate of drug-likeness (QED) is 0.904. The highest BCUT2D eigenvalue weighted by Gasteiger charge is 2.27. The first kappa shape index (κ1) is 13.6. The number of hydrogen-bond acceptors (Lipinski definition) is 6. The number of rotatable bonds is 5. The Morgan fingerprint density at radius 3 is 2.52 bits per heavy atom. The summed E-state index contributed by atoms with van der Waals surface area (Å²) in [6.07, 6.45) is 2.87. The van der Waals surface area contributed by atoms with E-state index in [4.69, 9.17) is 15.2 Å². The molecular formula is C15H18N4O2. The molecule has 0 amide bonds. The molecule has 0 atom stereocenters. The van der Waals surface area contributed by atoms with Gasteiger partial charge in [-0.15, -0.1) is 0 Å². The minimum atomic E-state index is 0.294. The minimum absolute atomic E-state index is 0.294. The van der Waals surface area contributed by atoms with Crippen LogP contribution < -0.4 is 15.2 Å². The van der Waals surface area contributed by atoms with Crippen LogP contribution >= 0.6 is 0 Å². The maximum absolute atomic E-state index is 5.77. The van der Waals surface area contributed by atoms with Gasteiger partial charge >= 0.3 is 0 Å². The van der Waals surface area contributed by atoms with Gasteiger partial charge in [-0.3, -0.25) is 0 Å². The zero-order valence-electron chi connectivity index (χ0n) is 12.2. The summed E-state index contributed by atoms with van der Waals surface area (Å²) < 4.78 is 10.5. The molecule has 1 heterocycles. The highest BCUT2D eigenvalue weighted by Crippen LogP contribution is 2.38. The van der Waals surface area contributed by atoms with Crippen LogP contribution in [0.3, 0.4) is 0 Å². The van der Waals surface area contributed by atoms with Gasteiger partial charge in [0.25, 0.3) is 0 Å². The van der Waals surface area contributed by atoms with E-state index < -0.39 is 0 Å². The predicted molar refractivity (Wildman–Crippen MR) is 78.6 cm³/mol. The van der Waals surface area contributed by atoms with Gasteiger partial charge in [-0.2, -0.15) is 9.97 Å². The average Bonchev–Trinajstić information content (AvgIpc) is 3.31. The number of hydrogen-bond donors (Lipinski definition) is 1. The first-order chi connectivity index (χ1) is 10.2. The van der Waals surface area contributed by atoms with Gasteiger partial charge in [0.1, 0.15) is 11.6 Å². The molecule has 0 aliphatic heterocycles. The van der Waals surface area contributed by atoms with Crippen LogP contribution in [0.4, 0.5) is 5.95 Å². The molecule has 0 unspecified atom stereocenters. The normalized spacial score (nSPS) is 14.0. The number of anilines is 1. The zero-order valence-corrected chi connectivity index (χ0v) is 12.2. The summed E-state index contributed by atoms with van der Waals surface area (Å²) in [6, 6.07) is 5.77. The van der Waals surface area contributed by atoms with Crippen molar-refractivity contribution in [3.8, 4) is 11.5 Å². The van der Waals surface area contributed by atoms with Gasteiger partial charge in [0.15, 0.2) is 11.5 Å². The number of nitrogens with two attached hydrogens (primary N) is 1. The molecule has 110 valence electrons. The summed E-state index contributed by atoms with van der Waals surface area (Å²) in [5.74, 6) is 3.66. The Labute approximate surface area is 123 Å². The third-order valence-corrected chi connectivity index (χ3v) is 3.47. The van der Waals surface area contributed by atoms with Gasteiger partial charge < -0.3 is 15.2 Å². The summed E-state index contributed by atoms with van der Waals surface area (Å²) in [4.78, 5) is 12.9.